The molecule has 264 valence electrons. The number of anilines is 1. The van der Waals surface area contributed by atoms with Crippen LogP contribution < -0.4 is 25.7 Å². The molecule has 16 heteroatoms. The molecule has 1 amide bonds. The fraction of sp³-hybridized carbons (Fsp3) is 0.235. The Morgan fingerprint density at radius 1 is 1.04 bits per heavy atom. The van der Waals surface area contributed by atoms with Gasteiger partial charge >= 0.3 is 5.97 Å². The van der Waals surface area contributed by atoms with Crippen molar-refractivity contribution in [3.8, 4) is 22.9 Å². The topological polar surface area (TPSA) is 180 Å². The van der Waals surface area contributed by atoms with Gasteiger partial charge in [0.25, 0.3) is 21.6 Å². The van der Waals surface area contributed by atoms with Crippen LogP contribution in [-0.4, -0.2) is 72.3 Å². The van der Waals surface area contributed by atoms with Gasteiger partial charge < -0.3 is 24.8 Å². The highest BCUT2D eigenvalue weighted by molar-refractivity contribution is 7.85. The maximum absolute atomic E-state index is 15.2. The van der Waals surface area contributed by atoms with Crippen LogP contribution in [0.3, 0.4) is 0 Å². The fourth-order valence-electron chi connectivity index (χ4n) is 4.94. The number of pyridine rings is 1. The molecule has 0 aliphatic heterocycles. The van der Waals surface area contributed by atoms with Crippen molar-refractivity contribution in [2.75, 3.05) is 32.3 Å². The first-order valence-electron chi connectivity index (χ1n) is 15.1. The van der Waals surface area contributed by atoms with Gasteiger partial charge in [-0.3, -0.25) is 28.6 Å². The second-order valence-corrected chi connectivity index (χ2v) is 12.4. The molecule has 2 heterocycles. The number of benzene rings is 3. The summed E-state index contributed by atoms with van der Waals surface area (Å²) in [5.74, 6) is -0.938. The molecule has 5 aromatic rings. The summed E-state index contributed by atoms with van der Waals surface area (Å²) in [4.78, 5) is 43.5. The molecule has 3 aromatic carbocycles. The standard InChI is InChI=1S/C33H32FN5O6.CH4O3S/c1-20(44-30(40)18-35-3)19-38-21(2)31(33(42)39(38)23-8-6-5-7-9-23)32(41)37-22-10-13-29(26(34)16-22)45-28-14-15-36-27-17-24(43-4)11-12-25(27)28;1-5(2,3)4/h5-17,20,35H,18-19H2,1-4H3,(H,37,41);1H3,(H,2,3,4). The number of halogens is 1. The lowest BCUT2D eigenvalue weighted by atomic mass is 10.2. The average Bonchev–Trinajstić information content (AvgIpc) is 3.29. The highest BCUT2D eigenvalue weighted by Crippen LogP contribution is 2.33. The molecule has 0 bridgehead atoms. The van der Waals surface area contributed by atoms with E-state index in [1.807, 2.05) is 0 Å². The number of methoxy groups -OCH3 is 1. The normalized spacial score (nSPS) is 11.7. The molecule has 0 aliphatic carbocycles. The van der Waals surface area contributed by atoms with E-state index in [2.05, 4.69) is 15.6 Å². The van der Waals surface area contributed by atoms with Gasteiger partial charge in [0.15, 0.2) is 11.6 Å². The number of esters is 1. The van der Waals surface area contributed by atoms with E-state index in [0.29, 0.717) is 40.0 Å². The SMILES string of the molecule is CNCC(=O)OC(C)Cn1c(C)c(C(=O)Nc2ccc(Oc3ccnc4cc(OC)ccc34)c(F)c2)c(=O)n1-c1ccccc1.CS(=O)(=O)O. The number of rotatable bonds is 11. The molecule has 0 fully saturated rings. The molecule has 50 heavy (non-hydrogen) atoms. The number of para-hydroxylation sites is 1. The molecule has 3 N–H and O–H groups in total. The Kier molecular flexibility index (Phi) is 12.1. The Morgan fingerprint density at radius 2 is 1.74 bits per heavy atom. The lowest BCUT2D eigenvalue weighted by Gasteiger charge is -2.18. The number of nitrogens with one attached hydrogen (secondary N) is 2. The van der Waals surface area contributed by atoms with Crippen molar-refractivity contribution in [2.24, 2.45) is 0 Å². The quantitative estimate of drug-likeness (QED) is 0.131. The summed E-state index contributed by atoms with van der Waals surface area (Å²) in [5, 5.41) is 6.03. The molecule has 1 atom stereocenters. The summed E-state index contributed by atoms with van der Waals surface area (Å²) in [5.41, 5.74) is 0.901. The highest BCUT2D eigenvalue weighted by atomic mass is 32.2. The second-order valence-electron chi connectivity index (χ2n) is 11.0. The zero-order valence-corrected chi connectivity index (χ0v) is 28.7. The number of nitrogens with zero attached hydrogens (tertiary/aromatic N) is 3. The number of ether oxygens (including phenoxy) is 3. The average molecular weight is 710 g/mol. The van der Waals surface area contributed by atoms with Crippen molar-refractivity contribution in [1.82, 2.24) is 19.7 Å². The Bertz CT molecular complexity index is 2160. The fourth-order valence-corrected chi connectivity index (χ4v) is 4.94. The Hall–Kier alpha value is -5.58. The minimum atomic E-state index is -3.67. The van der Waals surface area contributed by atoms with Gasteiger partial charge in [0.2, 0.25) is 0 Å². The Labute approximate surface area is 287 Å². The third kappa shape index (κ3) is 9.52. The smallest absolute Gasteiger partial charge is 0.320 e. The zero-order valence-electron chi connectivity index (χ0n) is 27.8. The van der Waals surface area contributed by atoms with E-state index >= 15 is 4.39 Å². The number of carbonyl (C=O) groups excluding carboxylic acids is 2. The number of hydrogen-bond donors (Lipinski definition) is 3. The molecule has 0 aliphatic rings. The molecule has 0 saturated carbocycles. The van der Waals surface area contributed by atoms with Crippen molar-refractivity contribution >= 4 is 38.6 Å². The summed E-state index contributed by atoms with van der Waals surface area (Å²) < 4.78 is 60.6. The zero-order chi connectivity index (χ0) is 36.6. The van der Waals surface area contributed by atoms with Gasteiger partial charge in [-0.15, -0.1) is 0 Å². The number of amides is 1. The molecule has 0 radical (unpaired) electrons. The highest BCUT2D eigenvalue weighted by Gasteiger charge is 2.26. The van der Waals surface area contributed by atoms with Gasteiger partial charge in [0.05, 0.1) is 43.4 Å². The first-order chi connectivity index (χ1) is 23.7. The maximum Gasteiger partial charge on any atom is 0.320 e. The van der Waals surface area contributed by atoms with Gasteiger partial charge in [-0.05, 0) is 63.4 Å². The van der Waals surface area contributed by atoms with Gasteiger partial charge in [-0.2, -0.15) is 8.42 Å². The number of aromatic nitrogens is 3. The molecule has 2 aromatic heterocycles. The summed E-state index contributed by atoms with van der Waals surface area (Å²) in [6, 6.07) is 19.7. The first-order valence-corrected chi connectivity index (χ1v) is 16.9. The molecule has 1 unspecified atom stereocenters. The van der Waals surface area contributed by atoms with E-state index < -0.39 is 39.5 Å². The van der Waals surface area contributed by atoms with Crippen molar-refractivity contribution in [1.29, 1.82) is 0 Å². The summed E-state index contributed by atoms with van der Waals surface area (Å²) >= 11 is 0. The lowest BCUT2D eigenvalue weighted by Crippen LogP contribution is -2.30. The third-order valence-electron chi connectivity index (χ3n) is 7.03. The Balaban J connectivity index is 0.00000105. The number of hydrogen-bond acceptors (Lipinski definition) is 10. The minimum absolute atomic E-state index is 0.0307. The minimum Gasteiger partial charge on any atom is -0.497 e. The van der Waals surface area contributed by atoms with Crippen LogP contribution in [0.1, 0.15) is 23.0 Å². The van der Waals surface area contributed by atoms with Crippen LogP contribution >= 0.6 is 0 Å². The van der Waals surface area contributed by atoms with Crippen LogP contribution in [0.5, 0.6) is 17.2 Å². The van der Waals surface area contributed by atoms with Crippen LogP contribution in [0.25, 0.3) is 16.6 Å². The molecule has 0 saturated heterocycles. The van der Waals surface area contributed by atoms with Gasteiger partial charge in [-0.1, -0.05) is 18.2 Å². The third-order valence-corrected chi connectivity index (χ3v) is 7.03. The largest absolute Gasteiger partial charge is 0.497 e. The number of likely N-dealkylation sites (N-methyl/N-ethyl adjacent to an activating group) is 1. The molecule has 14 nitrogen and oxygen atoms in total. The summed E-state index contributed by atoms with van der Waals surface area (Å²) in [7, 11) is -0.480. The van der Waals surface area contributed by atoms with Gasteiger partial charge in [0, 0.05) is 29.4 Å². The van der Waals surface area contributed by atoms with E-state index in [1.54, 1.807) is 93.5 Å². The first kappa shape index (κ1) is 37.2. The Morgan fingerprint density at radius 3 is 2.38 bits per heavy atom. The molecule has 0 spiro atoms. The van der Waals surface area contributed by atoms with Crippen LogP contribution in [0, 0.1) is 12.7 Å². The lowest BCUT2D eigenvalue weighted by molar-refractivity contribution is -0.147. The summed E-state index contributed by atoms with van der Waals surface area (Å²) in [6.45, 7) is 3.47. The molecular formula is C34H36FN5O9S. The predicted octanol–water partition coefficient (Wildman–Crippen LogP) is 4.34. The maximum atomic E-state index is 15.2. The van der Waals surface area contributed by atoms with Crippen molar-refractivity contribution in [3.63, 3.8) is 0 Å². The molecular weight excluding hydrogens is 673 g/mol. The van der Waals surface area contributed by atoms with Crippen molar-refractivity contribution in [3.05, 3.63) is 106 Å². The van der Waals surface area contributed by atoms with Crippen molar-refractivity contribution < 1.29 is 41.2 Å². The predicted molar refractivity (Wildman–Crippen MR) is 184 cm³/mol. The number of fused-ring (bicyclic) bond motifs is 1. The van der Waals surface area contributed by atoms with E-state index in [9.17, 15) is 22.8 Å². The summed E-state index contributed by atoms with van der Waals surface area (Å²) in [6.07, 6.45) is 1.66. The van der Waals surface area contributed by atoms with Crippen molar-refractivity contribution in [2.45, 2.75) is 26.5 Å². The second kappa shape index (κ2) is 16.2. The van der Waals surface area contributed by atoms with E-state index in [4.69, 9.17) is 18.8 Å². The van der Waals surface area contributed by atoms with E-state index in [0.717, 1.165) is 6.07 Å². The van der Waals surface area contributed by atoms with Crippen LogP contribution in [0.4, 0.5) is 10.1 Å². The number of carbonyl (C=O) groups is 2. The van der Waals surface area contributed by atoms with Gasteiger partial charge in [-0.25, -0.2) is 9.07 Å². The van der Waals surface area contributed by atoms with Gasteiger partial charge in [0.1, 0.15) is 23.2 Å². The van der Waals surface area contributed by atoms with Crippen LogP contribution in [0.15, 0.2) is 83.8 Å². The molecule has 5 rings (SSSR count). The van der Waals surface area contributed by atoms with Crippen LogP contribution in [0.2, 0.25) is 0 Å². The van der Waals surface area contributed by atoms with Crippen LogP contribution in [-0.2, 0) is 26.2 Å². The van der Waals surface area contributed by atoms with E-state index in [-0.39, 0.29) is 30.1 Å². The monoisotopic (exact) mass is 709 g/mol. The van der Waals surface area contributed by atoms with E-state index in [1.165, 1.54) is 16.8 Å².